The van der Waals surface area contributed by atoms with Gasteiger partial charge in [0.15, 0.2) is 17.3 Å². The van der Waals surface area contributed by atoms with Gasteiger partial charge in [0.2, 0.25) is 5.75 Å². The van der Waals surface area contributed by atoms with Crippen molar-refractivity contribution >= 4 is 11.7 Å². The molecular formula is C14H17N3O4. The topological polar surface area (TPSA) is 85.5 Å². The molecule has 112 valence electrons. The molecule has 21 heavy (non-hydrogen) atoms. The Balaban J connectivity index is 2.32. The molecular weight excluding hydrogens is 274 g/mol. The summed E-state index contributed by atoms with van der Waals surface area (Å²) >= 11 is 0. The molecule has 1 aromatic carbocycles. The number of hydrogen-bond donors (Lipinski definition) is 2. The molecule has 2 aromatic rings. The van der Waals surface area contributed by atoms with E-state index in [4.69, 9.17) is 14.2 Å². The summed E-state index contributed by atoms with van der Waals surface area (Å²) in [6.45, 7) is 1.85. The number of aromatic amines is 1. The Hall–Kier alpha value is -2.70. The van der Waals surface area contributed by atoms with Crippen LogP contribution in [-0.4, -0.2) is 37.4 Å². The number of methoxy groups -OCH3 is 3. The van der Waals surface area contributed by atoms with Crippen molar-refractivity contribution in [3.05, 3.63) is 29.5 Å². The summed E-state index contributed by atoms with van der Waals surface area (Å²) in [7, 11) is 4.50. The van der Waals surface area contributed by atoms with E-state index in [9.17, 15) is 4.79 Å². The molecule has 0 spiro atoms. The number of hydrogen-bond acceptors (Lipinski definition) is 5. The average Bonchev–Trinajstić information content (AvgIpc) is 2.90. The lowest BCUT2D eigenvalue weighted by molar-refractivity contribution is 0.102. The maximum Gasteiger partial charge on any atom is 0.257 e. The van der Waals surface area contributed by atoms with Gasteiger partial charge in [0.1, 0.15) is 0 Å². The van der Waals surface area contributed by atoms with Crippen LogP contribution in [-0.2, 0) is 0 Å². The molecule has 0 radical (unpaired) electrons. The van der Waals surface area contributed by atoms with Gasteiger partial charge in [-0.2, -0.15) is 5.10 Å². The van der Waals surface area contributed by atoms with Crippen LogP contribution < -0.4 is 19.5 Å². The quantitative estimate of drug-likeness (QED) is 0.880. The highest BCUT2D eigenvalue weighted by molar-refractivity contribution is 6.04. The number of nitrogens with one attached hydrogen (secondary N) is 2. The monoisotopic (exact) mass is 291 g/mol. The molecule has 0 saturated heterocycles. The predicted octanol–water partition coefficient (Wildman–Crippen LogP) is 2.00. The van der Waals surface area contributed by atoms with E-state index in [0.29, 0.717) is 28.6 Å². The average molecular weight is 291 g/mol. The van der Waals surface area contributed by atoms with Crippen molar-refractivity contribution in [2.24, 2.45) is 0 Å². The standard InChI is InChI=1S/C14H17N3O4/c1-8-5-12(17-16-8)15-14(18)9-6-10(19-2)13(21-4)11(7-9)20-3/h5-7H,1-4H3,(H2,15,16,17,18). The van der Waals surface area contributed by atoms with Gasteiger partial charge in [-0.3, -0.25) is 9.89 Å². The smallest absolute Gasteiger partial charge is 0.257 e. The minimum absolute atomic E-state index is 0.319. The van der Waals surface area contributed by atoms with Crippen LogP contribution in [0.25, 0.3) is 0 Å². The van der Waals surface area contributed by atoms with E-state index in [1.807, 2.05) is 6.92 Å². The molecule has 0 saturated carbocycles. The normalized spacial score (nSPS) is 10.1. The van der Waals surface area contributed by atoms with Gasteiger partial charge in [-0.05, 0) is 19.1 Å². The van der Waals surface area contributed by atoms with Crippen molar-refractivity contribution in [2.45, 2.75) is 6.92 Å². The molecule has 0 atom stereocenters. The number of H-pyrrole nitrogens is 1. The summed E-state index contributed by atoms with van der Waals surface area (Å²) in [5.74, 6) is 1.40. The molecule has 7 nitrogen and oxygen atoms in total. The third kappa shape index (κ3) is 3.07. The first-order valence-electron chi connectivity index (χ1n) is 6.22. The summed E-state index contributed by atoms with van der Waals surface area (Å²) in [5.41, 5.74) is 1.24. The molecule has 0 unspecified atom stereocenters. The highest BCUT2D eigenvalue weighted by Gasteiger charge is 2.17. The third-order valence-corrected chi connectivity index (χ3v) is 2.87. The summed E-state index contributed by atoms with van der Waals surface area (Å²) in [6.07, 6.45) is 0. The second-order valence-electron chi connectivity index (χ2n) is 4.30. The van der Waals surface area contributed by atoms with Gasteiger partial charge in [-0.25, -0.2) is 0 Å². The SMILES string of the molecule is COc1cc(C(=O)Nc2cc(C)[nH]n2)cc(OC)c1OC. The van der Waals surface area contributed by atoms with Crippen LogP contribution in [0.3, 0.4) is 0 Å². The van der Waals surface area contributed by atoms with E-state index in [2.05, 4.69) is 15.5 Å². The molecule has 0 fully saturated rings. The van der Waals surface area contributed by atoms with Crippen LogP contribution in [0.5, 0.6) is 17.2 Å². The highest BCUT2D eigenvalue weighted by atomic mass is 16.5. The predicted molar refractivity (Wildman–Crippen MR) is 77.4 cm³/mol. The first-order chi connectivity index (χ1) is 10.1. The second-order valence-corrected chi connectivity index (χ2v) is 4.30. The van der Waals surface area contributed by atoms with Crippen molar-refractivity contribution in [3.8, 4) is 17.2 Å². The Bertz CT molecular complexity index is 626. The van der Waals surface area contributed by atoms with Crippen LogP contribution in [0.2, 0.25) is 0 Å². The maximum atomic E-state index is 12.2. The van der Waals surface area contributed by atoms with Crippen LogP contribution >= 0.6 is 0 Å². The lowest BCUT2D eigenvalue weighted by Crippen LogP contribution is -2.13. The second kappa shape index (κ2) is 6.17. The third-order valence-electron chi connectivity index (χ3n) is 2.87. The Labute approximate surface area is 122 Å². The number of carbonyl (C=O) groups is 1. The van der Waals surface area contributed by atoms with Crippen LogP contribution in [0.1, 0.15) is 16.1 Å². The van der Waals surface area contributed by atoms with Crippen molar-refractivity contribution in [3.63, 3.8) is 0 Å². The van der Waals surface area contributed by atoms with Gasteiger partial charge in [0, 0.05) is 17.3 Å². The lowest BCUT2D eigenvalue weighted by Gasteiger charge is -2.13. The fourth-order valence-corrected chi connectivity index (χ4v) is 1.88. The number of carbonyl (C=O) groups excluding carboxylic acids is 1. The Morgan fingerprint density at radius 2 is 1.71 bits per heavy atom. The minimum Gasteiger partial charge on any atom is -0.493 e. The van der Waals surface area contributed by atoms with Crippen molar-refractivity contribution in [1.29, 1.82) is 0 Å². The van der Waals surface area contributed by atoms with Crippen molar-refractivity contribution in [1.82, 2.24) is 10.2 Å². The molecule has 0 bridgehead atoms. The van der Waals surface area contributed by atoms with Gasteiger partial charge in [-0.1, -0.05) is 0 Å². The van der Waals surface area contributed by atoms with Gasteiger partial charge < -0.3 is 19.5 Å². The molecule has 2 rings (SSSR count). The zero-order chi connectivity index (χ0) is 15.4. The van der Waals surface area contributed by atoms with E-state index in [1.165, 1.54) is 21.3 Å². The van der Waals surface area contributed by atoms with Crippen molar-refractivity contribution in [2.75, 3.05) is 26.6 Å². The lowest BCUT2D eigenvalue weighted by atomic mass is 10.1. The number of ether oxygens (including phenoxy) is 3. The maximum absolute atomic E-state index is 12.2. The minimum atomic E-state index is -0.319. The molecule has 2 N–H and O–H groups in total. The Morgan fingerprint density at radius 3 is 2.14 bits per heavy atom. The zero-order valence-corrected chi connectivity index (χ0v) is 12.3. The van der Waals surface area contributed by atoms with Gasteiger partial charge in [-0.15, -0.1) is 0 Å². The number of aromatic nitrogens is 2. The van der Waals surface area contributed by atoms with E-state index in [0.717, 1.165) is 5.69 Å². The van der Waals surface area contributed by atoms with Crippen LogP contribution in [0.15, 0.2) is 18.2 Å². The fraction of sp³-hybridized carbons (Fsp3) is 0.286. The molecule has 1 amide bonds. The van der Waals surface area contributed by atoms with Gasteiger partial charge in [0.25, 0.3) is 5.91 Å². The zero-order valence-electron chi connectivity index (χ0n) is 12.3. The number of amides is 1. The van der Waals surface area contributed by atoms with E-state index in [1.54, 1.807) is 18.2 Å². The largest absolute Gasteiger partial charge is 0.493 e. The summed E-state index contributed by atoms with van der Waals surface area (Å²) in [5, 5.41) is 9.40. The first-order valence-corrected chi connectivity index (χ1v) is 6.22. The van der Waals surface area contributed by atoms with Gasteiger partial charge in [0.05, 0.1) is 21.3 Å². The number of nitrogens with zero attached hydrogens (tertiary/aromatic N) is 1. The molecule has 1 aromatic heterocycles. The molecule has 1 heterocycles. The molecule has 0 aliphatic carbocycles. The summed E-state index contributed by atoms with van der Waals surface area (Å²) in [6, 6.07) is 4.89. The van der Waals surface area contributed by atoms with Crippen molar-refractivity contribution < 1.29 is 19.0 Å². The summed E-state index contributed by atoms with van der Waals surface area (Å²) in [4.78, 5) is 12.2. The number of anilines is 1. The fourth-order valence-electron chi connectivity index (χ4n) is 1.88. The number of benzene rings is 1. The van der Waals surface area contributed by atoms with Crippen LogP contribution in [0, 0.1) is 6.92 Å². The van der Waals surface area contributed by atoms with E-state index < -0.39 is 0 Å². The van der Waals surface area contributed by atoms with Crippen LogP contribution in [0.4, 0.5) is 5.82 Å². The molecule has 0 aliphatic heterocycles. The van der Waals surface area contributed by atoms with Gasteiger partial charge >= 0.3 is 0 Å². The number of rotatable bonds is 5. The Kier molecular flexibility index (Phi) is 4.32. The van der Waals surface area contributed by atoms with E-state index >= 15 is 0 Å². The molecule has 7 heteroatoms. The highest BCUT2D eigenvalue weighted by Crippen LogP contribution is 2.38. The summed E-state index contributed by atoms with van der Waals surface area (Å²) < 4.78 is 15.6. The Morgan fingerprint density at radius 1 is 1.10 bits per heavy atom. The first kappa shape index (κ1) is 14.7. The number of aryl methyl sites for hydroxylation is 1. The molecule has 0 aliphatic rings. The van der Waals surface area contributed by atoms with E-state index in [-0.39, 0.29) is 5.91 Å².